The van der Waals surface area contributed by atoms with Gasteiger partial charge in [0.1, 0.15) is 17.2 Å². The van der Waals surface area contributed by atoms with Gasteiger partial charge in [-0.15, -0.1) is 0 Å². The van der Waals surface area contributed by atoms with Crippen molar-refractivity contribution in [1.82, 2.24) is 9.97 Å². The second-order valence-electron chi connectivity index (χ2n) is 10.4. The van der Waals surface area contributed by atoms with Crippen LogP contribution in [-0.4, -0.2) is 45.5 Å². The molecule has 0 N–H and O–H groups in total. The third-order valence-corrected chi connectivity index (χ3v) is 7.86. The summed E-state index contributed by atoms with van der Waals surface area (Å²) in [4.78, 5) is 9.43. The van der Waals surface area contributed by atoms with Gasteiger partial charge in [-0.25, -0.2) is 0 Å². The van der Waals surface area contributed by atoms with Crippen LogP contribution in [0.5, 0.6) is 40.2 Å². The maximum atomic E-state index is 6.65. The predicted octanol–water partition coefficient (Wildman–Crippen LogP) is 7.80. The molecule has 0 aliphatic rings. The highest BCUT2D eigenvalue weighted by Crippen LogP contribution is 2.41. The van der Waals surface area contributed by atoms with E-state index in [-0.39, 0.29) is 0 Å². The van der Waals surface area contributed by atoms with Gasteiger partial charge in [-0.05, 0) is 70.9 Å². The second kappa shape index (κ2) is 13.0. The monoisotopic (exact) mass is 602 g/mol. The Hall–Kier alpha value is -5.50. The van der Waals surface area contributed by atoms with E-state index < -0.39 is 0 Å². The molecule has 4 aromatic carbocycles. The lowest BCUT2D eigenvalue weighted by Gasteiger charge is -2.18. The highest BCUT2D eigenvalue weighted by molar-refractivity contribution is 5.87. The first kappa shape index (κ1) is 29.6. The van der Waals surface area contributed by atoms with E-state index in [4.69, 9.17) is 38.4 Å². The summed E-state index contributed by atoms with van der Waals surface area (Å²) < 4.78 is 34.7. The number of ether oxygens (including phenoxy) is 6. The van der Waals surface area contributed by atoms with Crippen molar-refractivity contribution < 1.29 is 28.4 Å². The zero-order chi connectivity index (χ0) is 31.3. The van der Waals surface area contributed by atoms with Crippen molar-refractivity contribution in [2.45, 2.75) is 12.8 Å². The van der Waals surface area contributed by atoms with Crippen LogP contribution in [0.25, 0.3) is 21.5 Å². The van der Waals surface area contributed by atoms with Crippen LogP contribution in [-0.2, 0) is 12.8 Å². The molecule has 0 amide bonds. The van der Waals surface area contributed by atoms with Gasteiger partial charge in [0.2, 0.25) is 0 Å². The smallest absolute Gasteiger partial charge is 0.169 e. The summed E-state index contributed by atoms with van der Waals surface area (Å²) in [5, 5.41) is 4.20. The van der Waals surface area contributed by atoms with Gasteiger partial charge in [0.15, 0.2) is 23.0 Å². The molecule has 0 saturated heterocycles. The van der Waals surface area contributed by atoms with Crippen molar-refractivity contribution in [3.05, 3.63) is 114 Å². The van der Waals surface area contributed by atoms with Crippen LogP contribution in [0, 0.1) is 0 Å². The average Bonchev–Trinajstić information content (AvgIpc) is 3.08. The fourth-order valence-corrected chi connectivity index (χ4v) is 5.49. The Morgan fingerprint density at radius 3 is 1.62 bits per heavy atom. The van der Waals surface area contributed by atoms with E-state index >= 15 is 0 Å². The van der Waals surface area contributed by atoms with Gasteiger partial charge in [0, 0.05) is 47.6 Å². The molecule has 6 rings (SSSR count). The largest absolute Gasteiger partial charge is 0.497 e. The number of hydrogen-bond acceptors (Lipinski definition) is 8. The number of nitrogens with zero attached hydrogens (tertiary/aromatic N) is 2. The third kappa shape index (κ3) is 6.13. The molecular weight excluding hydrogens is 568 g/mol. The Morgan fingerprint density at radius 2 is 1.04 bits per heavy atom. The average molecular weight is 603 g/mol. The standard InChI is InChI=1S/C37H34N2O6/c1-40-27-9-7-24-12-14-38-31(29(24)20-27)16-23-6-11-33(42-3)37(17-23)45-34-22-36(44-5)35(43-4)19-26(34)18-32-30-21-28(41-2)10-8-25(30)13-15-39-32/h6-15,17,19-22H,16,18H2,1-5H3. The van der Waals surface area contributed by atoms with E-state index in [0.717, 1.165) is 55.6 Å². The Bertz CT molecular complexity index is 1990. The molecule has 0 atom stereocenters. The highest BCUT2D eigenvalue weighted by atomic mass is 16.5. The van der Waals surface area contributed by atoms with Crippen LogP contribution in [0.1, 0.15) is 22.5 Å². The van der Waals surface area contributed by atoms with Crippen LogP contribution in [0.15, 0.2) is 91.3 Å². The number of hydrogen-bond donors (Lipinski definition) is 0. The normalized spacial score (nSPS) is 11.0. The number of benzene rings is 4. The van der Waals surface area contributed by atoms with Crippen molar-refractivity contribution in [3.63, 3.8) is 0 Å². The quantitative estimate of drug-likeness (QED) is 0.149. The van der Waals surface area contributed by atoms with E-state index in [0.29, 0.717) is 41.6 Å². The van der Waals surface area contributed by atoms with Gasteiger partial charge in [-0.3, -0.25) is 9.97 Å². The van der Waals surface area contributed by atoms with Crippen LogP contribution in [0.3, 0.4) is 0 Å². The summed E-state index contributed by atoms with van der Waals surface area (Å²) in [6, 6.07) is 25.7. The molecule has 8 heteroatoms. The zero-order valence-electron chi connectivity index (χ0n) is 25.9. The van der Waals surface area contributed by atoms with Crippen LogP contribution >= 0.6 is 0 Å². The molecule has 2 aromatic heterocycles. The number of aromatic nitrogens is 2. The van der Waals surface area contributed by atoms with E-state index in [2.05, 4.69) is 0 Å². The van der Waals surface area contributed by atoms with Crippen molar-refractivity contribution in [2.24, 2.45) is 0 Å². The Kier molecular flexibility index (Phi) is 8.55. The Balaban J connectivity index is 1.40. The fourth-order valence-electron chi connectivity index (χ4n) is 5.49. The molecule has 0 fully saturated rings. The minimum absolute atomic E-state index is 0.476. The van der Waals surface area contributed by atoms with Gasteiger partial charge < -0.3 is 28.4 Å². The zero-order valence-corrected chi connectivity index (χ0v) is 25.9. The first-order valence-corrected chi connectivity index (χ1v) is 14.5. The minimum atomic E-state index is 0.476. The molecule has 0 spiro atoms. The molecule has 8 nitrogen and oxygen atoms in total. The molecule has 228 valence electrons. The first-order chi connectivity index (χ1) is 22.0. The van der Waals surface area contributed by atoms with E-state index in [9.17, 15) is 0 Å². The topological polar surface area (TPSA) is 81.2 Å². The molecule has 2 heterocycles. The fraction of sp³-hybridized carbons (Fsp3) is 0.189. The molecular formula is C37H34N2O6. The molecule has 0 saturated carbocycles. The highest BCUT2D eigenvalue weighted by Gasteiger charge is 2.18. The SMILES string of the molecule is COc1ccc2ccnc(Cc3ccc(OC)c(Oc4cc(OC)c(OC)cc4Cc4nccc5ccc(OC)cc45)c3)c2c1. The summed E-state index contributed by atoms with van der Waals surface area (Å²) in [5.41, 5.74) is 3.69. The molecule has 0 aliphatic carbocycles. The Labute approximate surface area is 262 Å². The molecule has 0 bridgehead atoms. The molecule has 6 aromatic rings. The number of fused-ring (bicyclic) bond motifs is 2. The van der Waals surface area contributed by atoms with Gasteiger partial charge in [0.25, 0.3) is 0 Å². The van der Waals surface area contributed by atoms with Crippen molar-refractivity contribution in [1.29, 1.82) is 0 Å². The maximum absolute atomic E-state index is 6.65. The molecule has 0 unspecified atom stereocenters. The lowest BCUT2D eigenvalue weighted by Crippen LogP contribution is -2.01. The molecule has 0 radical (unpaired) electrons. The predicted molar refractivity (Wildman–Crippen MR) is 175 cm³/mol. The van der Waals surface area contributed by atoms with Crippen molar-refractivity contribution >= 4 is 21.5 Å². The van der Waals surface area contributed by atoms with E-state index in [1.807, 2.05) is 91.3 Å². The molecule has 45 heavy (non-hydrogen) atoms. The minimum Gasteiger partial charge on any atom is -0.497 e. The number of rotatable bonds is 11. The van der Waals surface area contributed by atoms with Gasteiger partial charge in [-0.2, -0.15) is 0 Å². The molecule has 0 aliphatic heterocycles. The van der Waals surface area contributed by atoms with E-state index in [1.165, 1.54) is 0 Å². The van der Waals surface area contributed by atoms with Crippen LogP contribution < -0.4 is 28.4 Å². The summed E-state index contributed by atoms with van der Waals surface area (Å²) >= 11 is 0. The summed E-state index contributed by atoms with van der Waals surface area (Å²) in [7, 11) is 8.18. The van der Waals surface area contributed by atoms with Crippen LogP contribution in [0.2, 0.25) is 0 Å². The van der Waals surface area contributed by atoms with Gasteiger partial charge in [0.05, 0.1) is 46.9 Å². The maximum Gasteiger partial charge on any atom is 0.169 e. The summed E-state index contributed by atoms with van der Waals surface area (Å²) in [6.45, 7) is 0. The number of methoxy groups -OCH3 is 5. The third-order valence-electron chi connectivity index (χ3n) is 7.86. The van der Waals surface area contributed by atoms with Gasteiger partial charge in [-0.1, -0.05) is 18.2 Å². The number of pyridine rings is 2. The van der Waals surface area contributed by atoms with Crippen LogP contribution in [0.4, 0.5) is 0 Å². The van der Waals surface area contributed by atoms with Crippen molar-refractivity contribution in [2.75, 3.05) is 35.5 Å². The summed E-state index contributed by atoms with van der Waals surface area (Å²) in [5.74, 6) is 4.45. The second-order valence-corrected chi connectivity index (χ2v) is 10.4. The summed E-state index contributed by atoms with van der Waals surface area (Å²) in [6.07, 6.45) is 4.71. The van der Waals surface area contributed by atoms with Gasteiger partial charge >= 0.3 is 0 Å². The lowest BCUT2D eigenvalue weighted by atomic mass is 10.0. The Morgan fingerprint density at radius 1 is 0.467 bits per heavy atom. The first-order valence-electron chi connectivity index (χ1n) is 14.5. The van der Waals surface area contributed by atoms with Crippen molar-refractivity contribution in [3.8, 4) is 40.2 Å². The van der Waals surface area contributed by atoms with E-state index in [1.54, 1.807) is 35.5 Å². The lowest BCUT2D eigenvalue weighted by molar-refractivity contribution is 0.348.